The number of unbranched alkanes of at least 4 members (excludes halogenated alkanes) is 2. The van der Waals surface area contributed by atoms with Gasteiger partial charge < -0.3 is 5.32 Å². The number of aromatic nitrogens is 4. The van der Waals surface area contributed by atoms with E-state index in [1.807, 2.05) is 13.8 Å². The summed E-state index contributed by atoms with van der Waals surface area (Å²) in [4.78, 5) is 20.7. The van der Waals surface area contributed by atoms with Crippen LogP contribution in [0.15, 0.2) is 6.33 Å². The van der Waals surface area contributed by atoms with Crippen LogP contribution in [0.5, 0.6) is 0 Å². The standard InChI is InChI=1S/C18H29N7OS/c1-5-6-7-8-12(2)10-19-18(27)24-23-16(26)9-15-13(3)22-17-20-11-21-25(17)14(15)4/h11-12H,5-10H2,1-4H3,(H,23,26)(H2,19,24,27)/t12-/m1/s1. The van der Waals surface area contributed by atoms with E-state index in [2.05, 4.69) is 45.1 Å². The van der Waals surface area contributed by atoms with Crippen molar-refractivity contribution in [3.63, 3.8) is 0 Å². The SMILES string of the molecule is CCCCC[C@@H](C)CNC(=S)NNC(=O)Cc1c(C)nc2ncnn2c1C. The Morgan fingerprint density at radius 1 is 1.30 bits per heavy atom. The molecule has 0 saturated carbocycles. The molecule has 0 spiro atoms. The van der Waals surface area contributed by atoms with Gasteiger partial charge in [0, 0.05) is 23.5 Å². The number of fused-ring (bicyclic) bond motifs is 1. The van der Waals surface area contributed by atoms with E-state index in [9.17, 15) is 4.79 Å². The fraction of sp³-hybridized carbons (Fsp3) is 0.611. The molecule has 0 radical (unpaired) electrons. The zero-order chi connectivity index (χ0) is 19.8. The second-order valence-electron chi connectivity index (χ2n) is 6.89. The summed E-state index contributed by atoms with van der Waals surface area (Å²) in [5.74, 6) is 0.881. The quantitative estimate of drug-likeness (QED) is 0.360. The van der Waals surface area contributed by atoms with Crippen molar-refractivity contribution in [1.29, 1.82) is 0 Å². The number of carbonyl (C=O) groups is 1. The van der Waals surface area contributed by atoms with Crippen LogP contribution in [0.4, 0.5) is 0 Å². The van der Waals surface area contributed by atoms with E-state index in [1.165, 1.54) is 32.0 Å². The minimum absolute atomic E-state index is 0.184. The van der Waals surface area contributed by atoms with Crippen LogP contribution in [-0.2, 0) is 11.2 Å². The Morgan fingerprint density at radius 2 is 2.07 bits per heavy atom. The molecule has 2 heterocycles. The van der Waals surface area contributed by atoms with E-state index in [1.54, 1.807) is 4.52 Å². The maximum Gasteiger partial charge on any atom is 0.252 e. The van der Waals surface area contributed by atoms with Gasteiger partial charge in [-0.15, -0.1) is 0 Å². The van der Waals surface area contributed by atoms with Gasteiger partial charge in [0.2, 0.25) is 5.91 Å². The fourth-order valence-corrected chi connectivity index (χ4v) is 3.03. The molecule has 0 unspecified atom stereocenters. The molecular formula is C18H29N7OS. The Hall–Kier alpha value is -2.29. The normalized spacial score (nSPS) is 12.0. The highest BCUT2D eigenvalue weighted by Crippen LogP contribution is 2.13. The third-order valence-electron chi connectivity index (χ3n) is 4.55. The van der Waals surface area contributed by atoms with Crippen molar-refractivity contribution in [1.82, 2.24) is 35.8 Å². The lowest BCUT2D eigenvalue weighted by molar-refractivity contribution is -0.121. The lowest BCUT2D eigenvalue weighted by Crippen LogP contribution is -2.48. The molecule has 8 nitrogen and oxygen atoms in total. The number of rotatable bonds is 8. The van der Waals surface area contributed by atoms with Crippen LogP contribution in [0.25, 0.3) is 5.78 Å². The fourth-order valence-electron chi connectivity index (χ4n) is 2.90. The third-order valence-corrected chi connectivity index (χ3v) is 4.80. The Bertz CT molecular complexity index is 789. The number of hydrazine groups is 1. The molecule has 9 heteroatoms. The van der Waals surface area contributed by atoms with E-state index in [0.717, 1.165) is 23.5 Å². The molecular weight excluding hydrogens is 362 g/mol. The van der Waals surface area contributed by atoms with E-state index < -0.39 is 0 Å². The summed E-state index contributed by atoms with van der Waals surface area (Å²) in [6.07, 6.45) is 6.53. The van der Waals surface area contributed by atoms with Crippen molar-refractivity contribution in [3.8, 4) is 0 Å². The van der Waals surface area contributed by atoms with E-state index in [0.29, 0.717) is 16.8 Å². The molecule has 0 aromatic carbocycles. The second kappa shape index (κ2) is 10.1. The number of aryl methyl sites for hydroxylation is 2. The summed E-state index contributed by atoms with van der Waals surface area (Å²) < 4.78 is 1.63. The molecule has 0 aliphatic rings. The number of carbonyl (C=O) groups excluding carboxylic acids is 1. The average Bonchev–Trinajstić information content (AvgIpc) is 3.10. The predicted molar refractivity (Wildman–Crippen MR) is 109 cm³/mol. The summed E-state index contributed by atoms with van der Waals surface area (Å²) in [5.41, 5.74) is 7.85. The zero-order valence-electron chi connectivity index (χ0n) is 16.5. The molecule has 27 heavy (non-hydrogen) atoms. The summed E-state index contributed by atoms with van der Waals surface area (Å²) in [5, 5.41) is 7.70. The van der Waals surface area contributed by atoms with Crippen molar-refractivity contribution < 1.29 is 4.79 Å². The molecule has 148 valence electrons. The lowest BCUT2D eigenvalue weighted by Gasteiger charge is -2.16. The first-order valence-corrected chi connectivity index (χ1v) is 9.81. The third kappa shape index (κ3) is 6.13. The number of amides is 1. The second-order valence-corrected chi connectivity index (χ2v) is 7.30. The molecule has 0 aliphatic carbocycles. The minimum atomic E-state index is -0.192. The predicted octanol–water partition coefficient (Wildman–Crippen LogP) is 2.00. The van der Waals surface area contributed by atoms with E-state index in [4.69, 9.17) is 12.2 Å². The van der Waals surface area contributed by atoms with E-state index in [-0.39, 0.29) is 12.3 Å². The maximum absolute atomic E-state index is 12.3. The molecule has 1 atom stereocenters. The van der Waals surface area contributed by atoms with Crippen molar-refractivity contribution in [2.75, 3.05) is 6.54 Å². The molecule has 2 aromatic rings. The van der Waals surface area contributed by atoms with Gasteiger partial charge in [-0.05, 0) is 38.4 Å². The topological polar surface area (TPSA) is 96.2 Å². The van der Waals surface area contributed by atoms with Gasteiger partial charge in [-0.2, -0.15) is 10.1 Å². The Labute approximate surface area is 165 Å². The average molecular weight is 392 g/mol. The Kier molecular flexibility index (Phi) is 7.90. The van der Waals surface area contributed by atoms with Gasteiger partial charge in [0.15, 0.2) is 5.11 Å². The van der Waals surface area contributed by atoms with Crippen LogP contribution in [0.2, 0.25) is 0 Å². The monoisotopic (exact) mass is 391 g/mol. The smallest absolute Gasteiger partial charge is 0.252 e. The largest absolute Gasteiger partial charge is 0.361 e. The minimum Gasteiger partial charge on any atom is -0.361 e. The highest BCUT2D eigenvalue weighted by molar-refractivity contribution is 7.80. The molecule has 1 amide bonds. The first-order valence-electron chi connectivity index (χ1n) is 9.40. The van der Waals surface area contributed by atoms with Crippen LogP contribution in [0, 0.1) is 19.8 Å². The number of hydrogen-bond donors (Lipinski definition) is 3. The van der Waals surface area contributed by atoms with Crippen molar-refractivity contribution >= 4 is 29.0 Å². The van der Waals surface area contributed by atoms with Gasteiger partial charge in [-0.3, -0.25) is 15.6 Å². The summed E-state index contributed by atoms with van der Waals surface area (Å²) in [6, 6.07) is 0. The summed E-state index contributed by atoms with van der Waals surface area (Å²) in [7, 11) is 0. The first kappa shape index (κ1) is 21.0. The number of nitrogens with one attached hydrogen (secondary N) is 3. The highest BCUT2D eigenvalue weighted by atomic mass is 32.1. The van der Waals surface area contributed by atoms with Crippen LogP contribution in [0.3, 0.4) is 0 Å². The molecule has 2 aromatic heterocycles. The zero-order valence-corrected chi connectivity index (χ0v) is 17.3. The lowest BCUT2D eigenvalue weighted by atomic mass is 10.0. The van der Waals surface area contributed by atoms with Gasteiger partial charge in [0.1, 0.15) is 6.33 Å². The number of hydrogen-bond acceptors (Lipinski definition) is 5. The van der Waals surface area contributed by atoms with Gasteiger partial charge in [0.05, 0.1) is 6.42 Å². The van der Waals surface area contributed by atoms with Crippen LogP contribution in [-0.4, -0.2) is 37.1 Å². The van der Waals surface area contributed by atoms with E-state index >= 15 is 0 Å². The van der Waals surface area contributed by atoms with Crippen molar-refractivity contribution in [2.45, 2.75) is 59.8 Å². The summed E-state index contributed by atoms with van der Waals surface area (Å²) in [6.45, 7) is 8.95. The molecule has 0 fully saturated rings. The number of thiocarbonyl (C=S) groups is 1. The van der Waals surface area contributed by atoms with Crippen LogP contribution < -0.4 is 16.2 Å². The van der Waals surface area contributed by atoms with Gasteiger partial charge in [0.25, 0.3) is 5.78 Å². The van der Waals surface area contributed by atoms with Crippen LogP contribution >= 0.6 is 12.2 Å². The molecule has 0 saturated heterocycles. The Balaban J connectivity index is 1.78. The summed E-state index contributed by atoms with van der Waals surface area (Å²) >= 11 is 5.22. The van der Waals surface area contributed by atoms with Gasteiger partial charge in [-0.25, -0.2) is 9.50 Å². The molecule has 0 bridgehead atoms. The van der Waals surface area contributed by atoms with Gasteiger partial charge in [-0.1, -0.05) is 33.1 Å². The highest BCUT2D eigenvalue weighted by Gasteiger charge is 2.14. The molecule has 0 aliphatic heterocycles. The molecule has 2 rings (SSSR count). The van der Waals surface area contributed by atoms with Crippen molar-refractivity contribution in [2.24, 2.45) is 5.92 Å². The molecule has 3 N–H and O–H groups in total. The first-order chi connectivity index (χ1) is 12.9. The maximum atomic E-state index is 12.3. The Morgan fingerprint density at radius 3 is 2.81 bits per heavy atom. The van der Waals surface area contributed by atoms with Crippen LogP contribution in [0.1, 0.15) is 56.5 Å². The van der Waals surface area contributed by atoms with Gasteiger partial charge >= 0.3 is 0 Å². The number of nitrogens with zero attached hydrogens (tertiary/aromatic N) is 4. The van der Waals surface area contributed by atoms with Crippen molar-refractivity contribution in [3.05, 3.63) is 23.3 Å².